The summed E-state index contributed by atoms with van der Waals surface area (Å²) in [6, 6.07) is 1.21. The van der Waals surface area contributed by atoms with E-state index in [1.54, 1.807) is 0 Å². The van der Waals surface area contributed by atoms with E-state index in [2.05, 4.69) is 9.72 Å². The molecule has 1 heterocycles. The summed E-state index contributed by atoms with van der Waals surface area (Å²) in [5.41, 5.74) is 4.75. The van der Waals surface area contributed by atoms with Gasteiger partial charge in [-0.15, -0.1) is 0 Å². The number of nitrogens with two attached hydrogens (primary N) is 1. The highest BCUT2D eigenvalue weighted by atomic mass is 35.5. The fraction of sp³-hybridized carbons (Fsp3) is 0.286. The van der Waals surface area contributed by atoms with Crippen LogP contribution in [-0.2, 0) is 0 Å². The molecule has 0 amide bonds. The Morgan fingerprint density at radius 1 is 1.62 bits per heavy atom. The number of anilines is 1. The first-order chi connectivity index (χ1) is 6.06. The quantitative estimate of drug-likeness (QED) is 0.811. The largest absolute Gasteiger partial charge is 0.495 e. The molecule has 0 aliphatic heterocycles. The average Bonchev–Trinajstić information content (AvgIpc) is 2.08. The van der Waals surface area contributed by atoms with Crippen LogP contribution in [0.1, 0.15) is 12.1 Å². The number of nitrogens with zero attached hydrogens (tertiary/aromatic N) is 1. The summed E-state index contributed by atoms with van der Waals surface area (Å²) in [6.45, 7) is 0. The van der Waals surface area contributed by atoms with Gasteiger partial charge in [-0.25, -0.2) is 13.8 Å². The molecule has 0 aliphatic rings. The number of ether oxygens (including phenoxy) is 1. The average molecular weight is 209 g/mol. The number of alkyl halides is 2. The number of nitrogen functional groups attached to an aromatic ring is 1. The van der Waals surface area contributed by atoms with E-state index < -0.39 is 12.1 Å². The van der Waals surface area contributed by atoms with E-state index in [1.807, 2.05) is 0 Å². The van der Waals surface area contributed by atoms with Crippen LogP contribution in [0.4, 0.5) is 14.6 Å². The first kappa shape index (κ1) is 9.98. The van der Waals surface area contributed by atoms with E-state index >= 15 is 0 Å². The van der Waals surface area contributed by atoms with Crippen LogP contribution in [0.15, 0.2) is 6.07 Å². The molecule has 0 atom stereocenters. The number of rotatable bonds is 2. The van der Waals surface area contributed by atoms with E-state index in [1.165, 1.54) is 13.2 Å². The van der Waals surface area contributed by atoms with E-state index in [0.29, 0.717) is 0 Å². The second-order valence-electron chi connectivity index (χ2n) is 2.24. The lowest BCUT2D eigenvalue weighted by Gasteiger charge is -2.08. The predicted molar refractivity (Wildman–Crippen MR) is 45.2 cm³/mol. The summed E-state index contributed by atoms with van der Waals surface area (Å²) in [5.74, 6) is -0.188. The Kier molecular flexibility index (Phi) is 2.87. The van der Waals surface area contributed by atoms with Crippen LogP contribution in [0.2, 0.25) is 5.02 Å². The highest BCUT2D eigenvalue weighted by molar-refractivity contribution is 6.32. The van der Waals surface area contributed by atoms with Crippen LogP contribution in [0.5, 0.6) is 5.75 Å². The van der Waals surface area contributed by atoms with Gasteiger partial charge in [-0.1, -0.05) is 11.6 Å². The van der Waals surface area contributed by atoms with Crippen molar-refractivity contribution >= 4 is 17.4 Å². The van der Waals surface area contributed by atoms with Gasteiger partial charge >= 0.3 is 0 Å². The molecule has 0 spiro atoms. The molecule has 72 valence electrons. The predicted octanol–water partition coefficient (Wildman–Crippen LogP) is 2.26. The van der Waals surface area contributed by atoms with Crippen LogP contribution in [0.3, 0.4) is 0 Å². The summed E-state index contributed by atoms with van der Waals surface area (Å²) in [4.78, 5) is 3.41. The van der Waals surface area contributed by atoms with E-state index in [9.17, 15) is 8.78 Å². The highest BCUT2D eigenvalue weighted by Crippen LogP contribution is 2.31. The van der Waals surface area contributed by atoms with Gasteiger partial charge in [-0.05, 0) is 0 Å². The molecule has 2 N–H and O–H groups in total. The Balaban J connectivity index is 3.25. The van der Waals surface area contributed by atoms with Gasteiger partial charge in [0.25, 0.3) is 6.43 Å². The van der Waals surface area contributed by atoms with Crippen molar-refractivity contribution in [2.24, 2.45) is 0 Å². The Morgan fingerprint density at radius 2 is 2.23 bits per heavy atom. The summed E-state index contributed by atoms with van der Waals surface area (Å²) in [7, 11) is 1.26. The minimum Gasteiger partial charge on any atom is -0.495 e. The summed E-state index contributed by atoms with van der Waals surface area (Å²) in [5, 5.41) is 0.0984. The van der Waals surface area contributed by atoms with Crippen molar-refractivity contribution < 1.29 is 13.5 Å². The fourth-order valence-corrected chi connectivity index (χ4v) is 0.962. The molecule has 0 aromatic carbocycles. The maximum absolute atomic E-state index is 12.3. The minimum atomic E-state index is -2.73. The molecule has 1 aromatic rings. The molecule has 6 heteroatoms. The molecule has 1 aromatic heterocycles. The first-order valence-corrected chi connectivity index (χ1v) is 3.72. The van der Waals surface area contributed by atoms with Crippen LogP contribution < -0.4 is 10.5 Å². The molecule has 0 bridgehead atoms. The van der Waals surface area contributed by atoms with Crippen molar-refractivity contribution in [1.29, 1.82) is 0 Å². The smallest absolute Gasteiger partial charge is 0.284 e. The monoisotopic (exact) mass is 208 g/mol. The van der Waals surface area contributed by atoms with Crippen LogP contribution >= 0.6 is 11.6 Å². The maximum atomic E-state index is 12.3. The van der Waals surface area contributed by atoms with Crippen molar-refractivity contribution in [3.8, 4) is 5.75 Å². The number of methoxy groups -OCH3 is 1. The lowest BCUT2D eigenvalue weighted by Crippen LogP contribution is -2.00. The second kappa shape index (κ2) is 3.74. The molecule has 1 rings (SSSR count). The normalized spacial score (nSPS) is 10.5. The lowest BCUT2D eigenvalue weighted by molar-refractivity contribution is 0.141. The van der Waals surface area contributed by atoms with Crippen molar-refractivity contribution in [3.63, 3.8) is 0 Å². The van der Waals surface area contributed by atoms with Crippen molar-refractivity contribution in [2.75, 3.05) is 12.8 Å². The Bertz CT molecular complexity index is 320. The summed E-state index contributed by atoms with van der Waals surface area (Å²) in [6.07, 6.45) is -2.73. The Hall–Kier alpha value is -1.10. The molecule has 0 saturated carbocycles. The van der Waals surface area contributed by atoms with E-state index in [4.69, 9.17) is 17.3 Å². The summed E-state index contributed by atoms with van der Waals surface area (Å²) < 4.78 is 29.2. The first-order valence-electron chi connectivity index (χ1n) is 3.34. The van der Waals surface area contributed by atoms with E-state index in [-0.39, 0.29) is 16.6 Å². The number of aromatic nitrogens is 1. The molecule has 0 unspecified atom stereocenters. The maximum Gasteiger partial charge on any atom is 0.284 e. The number of hydrogen-bond acceptors (Lipinski definition) is 3. The number of halogens is 3. The molecule has 3 nitrogen and oxygen atoms in total. The van der Waals surface area contributed by atoms with Gasteiger partial charge in [0.05, 0.1) is 12.1 Å². The van der Waals surface area contributed by atoms with Gasteiger partial charge in [-0.2, -0.15) is 0 Å². The zero-order chi connectivity index (χ0) is 10.0. The van der Waals surface area contributed by atoms with Gasteiger partial charge < -0.3 is 10.5 Å². The van der Waals surface area contributed by atoms with Crippen molar-refractivity contribution in [2.45, 2.75) is 6.43 Å². The molecular formula is C7H7ClF2N2O. The standard InChI is InChI=1S/C7H7ClF2N2O/c1-13-4-2-3(8)7(11)12-5(4)6(9)10/h2,6H,1H3,(H2,11,12). The topological polar surface area (TPSA) is 48.1 Å². The van der Waals surface area contributed by atoms with Gasteiger partial charge in [0.2, 0.25) is 0 Å². The molecule has 0 aliphatic carbocycles. The molecule has 0 saturated heterocycles. The molecular weight excluding hydrogens is 202 g/mol. The third kappa shape index (κ3) is 1.98. The highest BCUT2D eigenvalue weighted by Gasteiger charge is 2.17. The third-order valence-corrected chi connectivity index (χ3v) is 1.73. The van der Waals surface area contributed by atoms with Crippen LogP contribution in [0, 0.1) is 0 Å². The van der Waals surface area contributed by atoms with Crippen LogP contribution in [0.25, 0.3) is 0 Å². The van der Waals surface area contributed by atoms with Gasteiger partial charge in [0.15, 0.2) is 5.69 Å². The van der Waals surface area contributed by atoms with Crippen molar-refractivity contribution in [3.05, 3.63) is 16.8 Å². The number of pyridine rings is 1. The Labute approximate surface area is 78.5 Å². The molecule has 0 fully saturated rings. The van der Waals surface area contributed by atoms with Gasteiger partial charge in [0.1, 0.15) is 11.6 Å². The fourth-order valence-electron chi connectivity index (χ4n) is 0.821. The number of hydrogen-bond donors (Lipinski definition) is 1. The van der Waals surface area contributed by atoms with Gasteiger partial charge in [-0.3, -0.25) is 0 Å². The lowest BCUT2D eigenvalue weighted by atomic mass is 10.3. The van der Waals surface area contributed by atoms with Crippen LogP contribution in [-0.4, -0.2) is 12.1 Å². The molecule has 0 radical (unpaired) electrons. The van der Waals surface area contributed by atoms with Crippen molar-refractivity contribution in [1.82, 2.24) is 4.98 Å². The zero-order valence-corrected chi connectivity index (χ0v) is 7.48. The summed E-state index contributed by atoms with van der Waals surface area (Å²) >= 11 is 5.56. The van der Waals surface area contributed by atoms with E-state index in [0.717, 1.165) is 0 Å². The minimum absolute atomic E-state index is 0.0609. The SMILES string of the molecule is COc1cc(Cl)c(N)nc1C(F)F. The molecule has 13 heavy (non-hydrogen) atoms. The van der Waals surface area contributed by atoms with Gasteiger partial charge in [0, 0.05) is 6.07 Å². The third-order valence-electron chi connectivity index (χ3n) is 1.42. The second-order valence-corrected chi connectivity index (χ2v) is 2.65. The Morgan fingerprint density at radius 3 is 2.69 bits per heavy atom. The zero-order valence-electron chi connectivity index (χ0n) is 6.72.